The van der Waals surface area contributed by atoms with E-state index in [0.717, 1.165) is 18.2 Å². The van der Waals surface area contributed by atoms with Gasteiger partial charge in [-0.2, -0.15) is 0 Å². The highest BCUT2D eigenvalue weighted by atomic mass is 19.1. The zero-order chi connectivity index (χ0) is 17.5. The van der Waals surface area contributed by atoms with E-state index in [0.29, 0.717) is 5.46 Å². The molecule has 0 N–H and O–H groups in total. The van der Waals surface area contributed by atoms with Crippen LogP contribution in [-0.2, 0) is 9.31 Å². The van der Waals surface area contributed by atoms with Crippen molar-refractivity contribution < 1.29 is 22.8 Å². The molecular formula is C16H17BF2N2O3. The molecule has 1 aromatic carbocycles. The third kappa shape index (κ3) is 3.25. The van der Waals surface area contributed by atoms with Gasteiger partial charge in [-0.1, -0.05) is 0 Å². The van der Waals surface area contributed by atoms with Crippen molar-refractivity contribution in [3.05, 3.63) is 42.2 Å². The third-order valence-electron chi connectivity index (χ3n) is 4.22. The van der Waals surface area contributed by atoms with E-state index >= 15 is 0 Å². The molecule has 0 bridgehead atoms. The lowest BCUT2D eigenvalue weighted by Crippen LogP contribution is -2.41. The highest BCUT2D eigenvalue weighted by Gasteiger charge is 2.51. The minimum atomic E-state index is -0.737. The molecule has 1 aliphatic rings. The molecule has 0 radical (unpaired) electrons. The summed E-state index contributed by atoms with van der Waals surface area (Å²) in [5, 5.41) is 0. The Bertz CT molecular complexity index is 717. The molecule has 1 aliphatic heterocycles. The van der Waals surface area contributed by atoms with Crippen molar-refractivity contribution in [1.29, 1.82) is 0 Å². The Labute approximate surface area is 139 Å². The number of nitrogens with zero attached hydrogens (tertiary/aromatic N) is 2. The van der Waals surface area contributed by atoms with Crippen molar-refractivity contribution in [1.82, 2.24) is 9.97 Å². The number of hydrogen-bond donors (Lipinski definition) is 0. The van der Waals surface area contributed by atoms with Gasteiger partial charge >= 0.3 is 13.1 Å². The number of aromatic nitrogens is 2. The average Bonchev–Trinajstić information content (AvgIpc) is 2.67. The molecule has 0 unspecified atom stereocenters. The topological polar surface area (TPSA) is 53.5 Å². The van der Waals surface area contributed by atoms with Crippen LogP contribution in [0.4, 0.5) is 8.78 Å². The van der Waals surface area contributed by atoms with E-state index in [9.17, 15) is 8.78 Å². The Kier molecular flexibility index (Phi) is 4.05. The summed E-state index contributed by atoms with van der Waals surface area (Å²) in [6.45, 7) is 7.79. The predicted octanol–water partition coefficient (Wildman–Crippen LogP) is 2.85. The van der Waals surface area contributed by atoms with Gasteiger partial charge in [0, 0.05) is 36.1 Å². The summed E-state index contributed by atoms with van der Waals surface area (Å²) in [5.41, 5.74) is -0.302. The zero-order valence-corrected chi connectivity index (χ0v) is 13.8. The maximum Gasteiger partial charge on any atom is 0.498 e. The summed E-state index contributed by atoms with van der Waals surface area (Å²) in [5.74, 6) is -1.49. The van der Waals surface area contributed by atoms with Gasteiger partial charge in [0.15, 0.2) is 0 Å². The monoisotopic (exact) mass is 334 g/mol. The molecule has 0 saturated carbocycles. The summed E-state index contributed by atoms with van der Waals surface area (Å²) in [6, 6.07) is 2.83. The molecule has 1 fully saturated rings. The van der Waals surface area contributed by atoms with Gasteiger partial charge in [0.1, 0.15) is 17.4 Å². The molecule has 2 aromatic rings. The van der Waals surface area contributed by atoms with Crippen LogP contribution in [0.5, 0.6) is 11.8 Å². The smallest absolute Gasteiger partial charge is 0.424 e. The maximum atomic E-state index is 13.2. The maximum absolute atomic E-state index is 13.2. The zero-order valence-electron chi connectivity index (χ0n) is 13.8. The molecule has 2 heterocycles. The van der Waals surface area contributed by atoms with E-state index in [1.54, 1.807) is 0 Å². The second kappa shape index (κ2) is 5.79. The van der Waals surface area contributed by atoms with Gasteiger partial charge in [-0.25, -0.2) is 18.7 Å². The lowest BCUT2D eigenvalue weighted by atomic mass is 9.81. The summed E-state index contributed by atoms with van der Waals surface area (Å²) in [6.07, 6.45) is 3.00. The van der Waals surface area contributed by atoms with Crippen LogP contribution in [-0.4, -0.2) is 28.3 Å². The SMILES string of the molecule is CC1(C)OB(c2cnc(Oc3cc(F)cc(F)c3)nc2)OC1(C)C. The van der Waals surface area contributed by atoms with E-state index in [-0.39, 0.29) is 11.8 Å². The van der Waals surface area contributed by atoms with Crippen LogP contribution in [0.3, 0.4) is 0 Å². The van der Waals surface area contributed by atoms with Gasteiger partial charge in [0.05, 0.1) is 11.2 Å². The van der Waals surface area contributed by atoms with Gasteiger partial charge < -0.3 is 14.0 Å². The van der Waals surface area contributed by atoms with Crippen LogP contribution < -0.4 is 10.2 Å². The average molecular weight is 334 g/mol. The third-order valence-corrected chi connectivity index (χ3v) is 4.22. The van der Waals surface area contributed by atoms with Crippen molar-refractivity contribution in [3.63, 3.8) is 0 Å². The molecule has 24 heavy (non-hydrogen) atoms. The van der Waals surface area contributed by atoms with E-state index in [2.05, 4.69) is 9.97 Å². The highest BCUT2D eigenvalue weighted by molar-refractivity contribution is 6.61. The van der Waals surface area contributed by atoms with Crippen molar-refractivity contribution in [2.45, 2.75) is 38.9 Å². The van der Waals surface area contributed by atoms with Gasteiger partial charge in [-0.05, 0) is 27.7 Å². The van der Waals surface area contributed by atoms with E-state index in [1.165, 1.54) is 12.4 Å². The summed E-state index contributed by atoms with van der Waals surface area (Å²) < 4.78 is 43.4. The molecule has 5 nitrogen and oxygen atoms in total. The second-order valence-corrected chi connectivity index (χ2v) is 6.59. The molecular weight excluding hydrogens is 317 g/mol. The fourth-order valence-electron chi connectivity index (χ4n) is 2.17. The Hall–Kier alpha value is -2.06. The molecule has 1 aromatic heterocycles. The van der Waals surface area contributed by atoms with E-state index in [1.807, 2.05) is 27.7 Å². The van der Waals surface area contributed by atoms with Crippen LogP contribution in [0.15, 0.2) is 30.6 Å². The lowest BCUT2D eigenvalue weighted by Gasteiger charge is -2.32. The molecule has 0 aliphatic carbocycles. The highest BCUT2D eigenvalue weighted by Crippen LogP contribution is 2.36. The normalized spacial score (nSPS) is 18.7. The first-order chi connectivity index (χ1) is 11.2. The van der Waals surface area contributed by atoms with E-state index < -0.39 is 30.0 Å². The minimum absolute atomic E-state index is 0.0177. The number of hydrogen-bond acceptors (Lipinski definition) is 5. The quantitative estimate of drug-likeness (QED) is 0.808. The van der Waals surface area contributed by atoms with Crippen LogP contribution in [0, 0.1) is 11.6 Å². The number of halogens is 2. The second-order valence-electron chi connectivity index (χ2n) is 6.59. The standard InChI is InChI=1S/C16H17BF2N2O3/c1-15(2)16(3,4)24-17(23-15)10-8-20-14(21-9-10)22-13-6-11(18)5-12(19)7-13/h5-9H,1-4H3. The summed E-state index contributed by atoms with van der Waals surface area (Å²) in [7, 11) is -0.587. The number of ether oxygens (including phenoxy) is 1. The molecule has 0 amide bonds. The van der Waals surface area contributed by atoms with Gasteiger partial charge in [-0.3, -0.25) is 0 Å². The van der Waals surface area contributed by atoms with E-state index in [4.69, 9.17) is 14.0 Å². The molecule has 0 atom stereocenters. The van der Waals surface area contributed by atoms with Crippen LogP contribution in [0.2, 0.25) is 0 Å². The first-order valence-corrected chi connectivity index (χ1v) is 7.48. The fourth-order valence-corrected chi connectivity index (χ4v) is 2.17. The van der Waals surface area contributed by atoms with Crippen LogP contribution in [0.1, 0.15) is 27.7 Å². The Morgan fingerprint density at radius 1 is 0.917 bits per heavy atom. The Morgan fingerprint density at radius 2 is 1.42 bits per heavy atom. The van der Waals surface area contributed by atoms with Crippen LogP contribution in [0.25, 0.3) is 0 Å². The first-order valence-electron chi connectivity index (χ1n) is 7.48. The fraction of sp³-hybridized carbons (Fsp3) is 0.375. The molecule has 8 heteroatoms. The number of rotatable bonds is 3. The van der Waals surface area contributed by atoms with Crippen molar-refractivity contribution >= 4 is 12.6 Å². The van der Waals surface area contributed by atoms with Gasteiger partial charge in [0.25, 0.3) is 0 Å². The summed E-state index contributed by atoms with van der Waals surface area (Å²) >= 11 is 0. The lowest BCUT2D eigenvalue weighted by molar-refractivity contribution is 0.00578. The molecule has 126 valence electrons. The molecule has 1 saturated heterocycles. The minimum Gasteiger partial charge on any atom is -0.424 e. The largest absolute Gasteiger partial charge is 0.498 e. The van der Waals surface area contributed by atoms with Crippen molar-refractivity contribution in [3.8, 4) is 11.8 Å². The predicted molar refractivity (Wildman–Crippen MR) is 84.2 cm³/mol. The van der Waals surface area contributed by atoms with Gasteiger partial charge in [-0.15, -0.1) is 0 Å². The Balaban J connectivity index is 1.74. The summed E-state index contributed by atoms with van der Waals surface area (Å²) in [4.78, 5) is 8.07. The molecule has 0 spiro atoms. The Morgan fingerprint density at radius 3 is 1.92 bits per heavy atom. The van der Waals surface area contributed by atoms with Crippen molar-refractivity contribution in [2.24, 2.45) is 0 Å². The first kappa shape index (κ1) is 16.8. The molecule has 3 rings (SSSR count). The van der Waals surface area contributed by atoms with Crippen LogP contribution >= 0.6 is 0 Å². The van der Waals surface area contributed by atoms with Crippen molar-refractivity contribution in [2.75, 3.05) is 0 Å². The number of benzene rings is 1. The van der Waals surface area contributed by atoms with Gasteiger partial charge in [0.2, 0.25) is 0 Å².